The molecule has 0 spiro atoms. The molecular weight excluding hydrogens is 240 g/mol. The molecule has 1 aliphatic heterocycles. The minimum absolute atomic E-state index is 0.213. The van der Waals surface area contributed by atoms with Gasteiger partial charge in [0.15, 0.2) is 0 Å². The van der Waals surface area contributed by atoms with E-state index in [0.717, 1.165) is 31.9 Å². The Morgan fingerprint density at radius 3 is 3.16 bits per heavy atom. The monoisotopic (exact) mass is 260 g/mol. The largest absolute Gasteiger partial charge is 0.374 e. The molecule has 0 saturated carbocycles. The SMILES string of the molecule is CN(C)CC[C@H]1CN(c2ncccc2C#N)CCO1. The maximum Gasteiger partial charge on any atom is 0.146 e. The van der Waals surface area contributed by atoms with Crippen LogP contribution in [0, 0.1) is 11.3 Å². The van der Waals surface area contributed by atoms with Crippen LogP contribution < -0.4 is 4.90 Å². The summed E-state index contributed by atoms with van der Waals surface area (Å²) in [6.07, 6.45) is 2.95. The number of rotatable bonds is 4. The van der Waals surface area contributed by atoms with Crippen LogP contribution >= 0.6 is 0 Å². The van der Waals surface area contributed by atoms with Crippen molar-refractivity contribution in [1.29, 1.82) is 5.26 Å². The van der Waals surface area contributed by atoms with Crippen molar-refractivity contribution < 1.29 is 4.74 Å². The first kappa shape index (κ1) is 13.8. The average molecular weight is 260 g/mol. The van der Waals surface area contributed by atoms with Crippen LogP contribution in [0.5, 0.6) is 0 Å². The summed E-state index contributed by atoms with van der Waals surface area (Å²) in [5.74, 6) is 0.781. The summed E-state index contributed by atoms with van der Waals surface area (Å²) >= 11 is 0. The lowest BCUT2D eigenvalue weighted by molar-refractivity contribution is 0.0309. The number of pyridine rings is 1. The molecule has 1 fully saturated rings. The molecule has 0 N–H and O–H groups in total. The molecule has 0 bridgehead atoms. The van der Waals surface area contributed by atoms with Gasteiger partial charge in [-0.15, -0.1) is 0 Å². The highest BCUT2D eigenvalue weighted by Gasteiger charge is 2.23. The van der Waals surface area contributed by atoms with Gasteiger partial charge in [0.05, 0.1) is 18.3 Å². The Morgan fingerprint density at radius 2 is 2.42 bits per heavy atom. The summed E-state index contributed by atoms with van der Waals surface area (Å²) in [6, 6.07) is 5.81. The van der Waals surface area contributed by atoms with Crippen molar-refractivity contribution in [2.45, 2.75) is 12.5 Å². The lowest BCUT2D eigenvalue weighted by Gasteiger charge is -2.34. The molecule has 0 aliphatic carbocycles. The van der Waals surface area contributed by atoms with E-state index >= 15 is 0 Å². The summed E-state index contributed by atoms with van der Waals surface area (Å²) in [4.78, 5) is 8.65. The highest BCUT2D eigenvalue weighted by Crippen LogP contribution is 2.20. The lowest BCUT2D eigenvalue weighted by atomic mass is 10.1. The van der Waals surface area contributed by atoms with E-state index in [1.807, 2.05) is 6.07 Å². The molecule has 2 heterocycles. The number of anilines is 1. The van der Waals surface area contributed by atoms with Gasteiger partial charge < -0.3 is 14.5 Å². The van der Waals surface area contributed by atoms with Crippen LogP contribution in [0.25, 0.3) is 0 Å². The molecule has 19 heavy (non-hydrogen) atoms. The Kier molecular flexibility index (Phi) is 4.72. The molecule has 0 unspecified atom stereocenters. The van der Waals surface area contributed by atoms with Gasteiger partial charge >= 0.3 is 0 Å². The number of hydrogen-bond donors (Lipinski definition) is 0. The van der Waals surface area contributed by atoms with Crippen molar-refractivity contribution in [2.24, 2.45) is 0 Å². The molecule has 0 aromatic carbocycles. The van der Waals surface area contributed by atoms with Gasteiger partial charge in [-0.2, -0.15) is 5.26 Å². The van der Waals surface area contributed by atoms with E-state index in [1.165, 1.54) is 0 Å². The first-order valence-electron chi connectivity index (χ1n) is 6.57. The topological polar surface area (TPSA) is 52.4 Å². The number of hydrogen-bond acceptors (Lipinski definition) is 5. The van der Waals surface area contributed by atoms with Gasteiger partial charge in [0.1, 0.15) is 11.9 Å². The fourth-order valence-corrected chi connectivity index (χ4v) is 2.22. The van der Waals surface area contributed by atoms with Crippen LogP contribution in [0.15, 0.2) is 18.3 Å². The number of aromatic nitrogens is 1. The molecule has 1 aromatic rings. The predicted octanol–water partition coefficient (Wildman–Crippen LogP) is 1.11. The van der Waals surface area contributed by atoms with Crippen molar-refractivity contribution in [3.63, 3.8) is 0 Å². The summed E-state index contributed by atoms with van der Waals surface area (Å²) < 4.78 is 5.77. The third kappa shape index (κ3) is 3.66. The van der Waals surface area contributed by atoms with Crippen LogP contribution in [0.1, 0.15) is 12.0 Å². The zero-order valence-electron chi connectivity index (χ0n) is 11.5. The zero-order valence-corrected chi connectivity index (χ0v) is 11.5. The van der Waals surface area contributed by atoms with Crippen LogP contribution in [-0.4, -0.2) is 56.3 Å². The normalized spacial score (nSPS) is 19.5. The van der Waals surface area contributed by atoms with Gasteiger partial charge in [0.2, 0.25) is 0 Å². The van der Waals surface area contributed by atoms with Gasteiger partial charge in [-0.1, -0.05) is 0 Å². The summed E-state index contributed by atoms with van der Waals surface area (Å²) in [5.41, 5.74) is 0.635. The Bertz CT molecular complexity index is 455. The third-order valence-corrected chi connectivity index (χ3v) is 3.24. The van der Waals surface area contributed by atoms with Crippen LogP contribution in [0.4, 0.5) is 5.82 Å². The maximum absolute atomic E-state index is 9.14. The Labute approximate surface area is 114 Å². The van der Waals surface area contributed by atoms with E-state index in [-0.39, 0.29) is 6.10 Å². The van der Waals surface area contributed by atoms with Gasteiger partial charge in [-0.05, 0) is 32.6 Å². The highest BCUT2D eigenvalue weighted by molar-refractivity contribution is 5.53. The van der Waals surface area contributed by atoms with E-state index in [2.05, 4.69) is 34.9 Å². The van der Waals surface area contributed by atoms with E-state index < -0.39 is 0 Å². The van der Waals surface area contributed by atoms with Crippen molar-refractivity contribution in [2.75, 3.05) is 45.2 Å². The number of nitrogens with zero attached hydrogens (tertiary/aromatic N) is 4. The Balaban J connectivity index is 2.03. The van der Waals surface area contributed by atoms with Crippen LogP contribution in [-0.2, 0) is 4.74 Å². The van der Waals surface area contributed by atoms with Gasteiger partial charge in [0.25, 0.3) is 0 Å². The quantitative estimate of drug-likeness (QED) is 0.811. The van der Waals surface area contributed by atoms with Gasteiger partial charge in [0, 0.05) is 25.8 Å². The molecular formula is C14H20N4O. The predicted molar refractivity (Wildman–Crippen MR) is 74.1 cm³/mol. The smallest absolute Gasteiger partial charge is 0.146 e. The fraction of sp³-hybridized carbons (Fsp3) is 0.571. The third-order valence-electron chi connectivity index (χ3n) is 3.24. The number of nitriles is 1. The van der Waals surface area contributed by atoms with Crippen molar-refractivity contribution >= 4 is 5.82 Å². The van der Waals surface area contributed by atoms with Gasteiger partial charge in [-0.25, -0.2) is 4.98 Å². The Hall–Kier alpha value is -1.64. The van der Waals surface area contributed by atoms with Crippen molar-refractivity contribution in [3.05, 3.63) is 23.9 Å². The lowest BCUT2D eigenvalue weighted by Crippen LogP contribution is -2.44. The molecule has 0 radical (unpaired) electrons. The summed E-state index contributed by atoms with van der Waals surface area (Å²) in [5, 5.41) is 9.14. The highest BCUT2D eigenvalue weighted by atomic mass is 16.5. The maximum atomic E-state index is 9.14. The Morgan fingerprint density at radius 1 is 1.58 bits per heavy atom. The second-order valence-corrected chi connectivity index (χ2v) is 5.02. The number of morpholine rings is 1. The molecule has 1 aromatic heterocycles. The summed E-state index contributed by atoms with van der Waals surface area (Å²) in [6.45, 7) is 3.30. The van der Waals surface area contributed by atoms with E-state index in [0.29, 0.717) is 12.2 Å². The minimum Gasteiger partial charge on any atom is -0.374 e. The second kappa shape index (κ2) is 6.50. The first-order chi connectivity index (χ1) is 9.20. The van der Waals surface area contributed by atoms with E-state index in [1.54, 1.807) is 12.3 Å². The molecule has 5 nitrogen and oxygen atoms in total. The summed E-state index contributed by atoms with van der Waals surface area (Å²) in [7, 11) is 4.13. The zero-order chi connectivity index (χ0) is 13.7. The standard InChI is InChI=1S/C14H20N4O/c1-17(2)7-5-13-11-18(8-9-19-13)14-12(10-15)4-3-6-16-14/h3-4,6,13H,5,7-9,11H2,1-2H3/t13-/m0/s1. The molecule has 1 atom stereocenters. The van der Waals surface area contributed by atoms with Crippen molar-refractivity contribution in [1.82, 2.24) is 9.88 Å². The molecule has 1 saturated heterocycles. The minimum atomic E-state index is 0.213. The average Bonchev–Trinajstić information content (AvgIpc) is 2.45. The van der Waals surface area contributed by atoms with Crippen molar-refractivity contribution in [3.8, 4) is 6.07 Å². The molecule has 2 rings (SSSR count). The van der Waals surface area contributed by atoms with Crippen LogP contribution in [0.3, 0.4) is 0 Å². The first-order valence-corrected chi connectivity index (χ1v) is 6.57. The van der Waals surface area contributed by atoms with Gasteiger partial charge in [-0.3, -0.25) is 0 Å². The molecule has 5 heteroatoms. The van der Waals surface area contributed by atoms with E-state index in [4.69, 9.17) is 10.00 Å². The second-order valence-electron chi connectivity index (χ2n) is 5.02. The fourth-order valence-electron chi connectivity index (χ4n) is 2.22. The molecule has 102 valence electrons. The van der Waals surface area contributed by atoms with E-state index in [9.17, 15) is 0 Å². The molecule has 1 aliphatic rings. The molecule has 0 amide bonds. The van der Waals surface area contributed by atoms with Crippen LogP contribution in [0.2, 0.25) is 0 Å². The number of ether oxygens (including phenoxy) is 1.